The molecule has 1 rings (SSSR count). The third-order valence-corrected chi connectivity index (χ3v) is 1.53. The first-order valence-corrected chi connectivity index (χ1v) is 3.66. The van der Waals surface area contributed by atoms with E-state index in [1.807, 2.05) is 7.05 Å². The molecule has 0 aromatic heterocycles. The summed E-state index contributed by atoms with van der Waals surface area (Å²) in [6, 6.07) is 0. The van der Waals surface area contributed by atoms with E-state index in [1.165, 1.54) is 0 Å². The summed E-state index contributed by atoms with van der Waals surface area (Å²) >= 11 is 0. The second-order valence-corrected chi connectivity index (χ2v) is 2.52. The van der Waals surface area contributed by atoms with Crippen molar-refractivity contribution in [3.05, 3.63) is 0 Å². The number of aldehydes is 1. The lowest BCUT2D eigenvalue weighted by molar-refractivity contribution is -0.110. The van der Waals surface area contributed by atoms with Crippen LogP contribution in [0.4, 0.5) is 0 Å². The molecule has 4 nitrogen and oxygen atoms in total. The fraction of sp³-hybridized carbons (Fsp3) is 0.714. The molecule has 62 valence electrons. The Morgan fingerprint density at radius 3 is 3.36 bits per heavy atom. The van der Waals surface area contributed by atoms with E-state index in [-0.39, 0.29) is 6.10 Å². The Hall–Kier alpha value is -0.900. The number of carbonyl (C=O) groups is 1. The molecular formula is C7H12N2O2. The Balaban J connectivity index is 2.24. The molecule has 4 heteroatoms. The highest BCUT2D eigenvalue weighted by molar-refractivity contribution is 5.87. The quantitative estimate of drug-likeness (QED) is 0.580. The van der Waals surface area contributed by atoms with Gasteiger partial charge in [-0.15, -0.1) is 0 Å². The molecule has 1 aliphatic rings. The van der Waals surface area contributed by atoms with Gasteiger partial charge in [0.1, 0.15) is 12.4 Å². The van der Waals surface area contributed by atoms with E-state index in [4.69, 9.17) is 4.84 Å². The van der Waals surface area contributed by atoms with Crippen LogP contribution >= 0.6 is 0 Å². The number of nitrogens with one attached hydrogen (secondary N) is 1. The Morgan fingerprint density at radius 2 is 2.73 bits per heavy atom. The molecule has 0 aliphatic carbocycles. The maximum atomic E-state index is 10.1. The third-order valence-electron chi connectivity index (χ3n) is 1.53. The van der Waals surface area contributed by atoms with Crippen LogP contribution in [0.5, 0.6) is 0 Å². The lowest BCUT2D eigenvalue weighted by Crippen LogP contribution is -2.19. The highest BCUT2D eigenvalue weighted by Gasteiger charge is 2.19. The van der Waals surface area contributed by atoms with Gasteiger partial charge in [-0.05, 0) is 7.05 Å². The summed E-state index contributed by atoms with van der Waals surface area (Å²) in [5, 5.41) is 6.79. The van der Waals surface area contributed by atoms with Gasteiger partial charge in [-0.3, -0.25) is 0 Å². The van der Waals surface area contributed by atoms with E-state index in [0.717, 1.165) is 25.0 Å². The average molecular weight is 156 g/mol. The summed E-state index contributed by atoms with van der Waals surface area (Å²) in [5.74, 6) is 0. The summed E-state index contributed by atoms with van der Waals surface area (Å²) in [6.45, 7) is 0.745. The predicted octanol–water partition coefficient (Wildman–Crippen LogP) is -0.0603. The van der Waals surface area contributed by atoms with Crippen molar-refractivity contribution in [3.63, 3.8) is 0 Å². The van der Waals surface area contributed by atoms with Gasteiger partial charge in [0, 0.05) is 19.4 Å². The van der Waals surface area contributed by atoms with E-state index in [9.17, 15) is 4.79 Å². The van der Waals surface area contributed by atoms with Crippen molar-refractivity contribution < 1.29 is 9.63 Å². The fourth-order valence-electron chi connectivity index (χ4n) is 1.03. The van der Waals surface area contributed by atoms with Gasteiger partial charge >= 0.3 is 0 Å². The number of oxime groups is 1. The molecule has 0 radical (unpaired) electrons. The maximum Gasteiger partial charge on any atom is 0.139 e. The zero-order valence-corrected chi connectivity index (χ0v) is 6.54. The van der Waals surface area contributed by atoms with Crippen LogP contribution in [-0.4, -0.2) is 31.7 Å². The zero-order valence-electron chi connectivity index (χ0n) is 6.54. The van der Waals surface area contributed by atoms with E-state index < -0.39 is 0 Å². The Kier molecular flexibility index (Phi) is 3.04. The zero-order chi connectivity index (χ0) is 8.10. The number of carbonyl (C=O) groups excluding carboxylic acids is 1. The van der Waals surface area contributed by atoms with Crippen LogP contribution < -0.4 is 5.32 Å². The smallest absolute Gasteiger partial charge is 0.139 e. The molecule has 1 N–H and O–H groups in total. The summed E-state index contributed by atoms with van der Waals surface area (Å²) in [6.07, 6.45) is 2.06. The second kappa shape index (κ2) is 4.08. The van der Waals surface area contributed by atoms with Crippen molar-refractivity contribution in [2.45, 2.75) is 18.9 Å². The monoisotopic (exact) mass is 156 g/mol. The van der Waals surface area contributed by atoms with E-state index in [2.05, 4.69) is 10.5 Å². The third kappa shape index (κ3) is 2.31. The molecule has 0 aromatic carbocycles. The van der Waals surface area contributed by atoms with Gasteiger partial charge in [-0.2, -0.15) is 0 Å². The van der Waals surface area contributed by atoms with Crippen molar-refractivity contribution in [2.75, 3.05) is 13.6 Å². The molecule has 0 spiro atoms. The van der Waals surface area contributed by atoms with Crippen LogP contribution in [0.2, 0.25) is 0 Å². The van der Waals surface area contributed by atoms with Crippen molar-refractivity contribution in [2.24, 2.45) is 5.16 Å². The van der Waals surface area contributed by atoms with Crippen LogP contribution in [0.3, 0.4) is 0 Å². The fourth-order valence-corrected chi connectivity index (χ4v) is 1.03. The molecular weight excluding hydrogens is 144 g/mol. The van der Waals surface area contributed by atoms with E-state index in [1.54, 1.807) is 0 Å². The number of rotatable bonds is 4. The lowest BCUT2D eigenvalue weighted by Gasteiger charge is -2.00. The number of hydrogen-bond acceptors (Lipinski definition) is 4. The van der Waals surface area contributed by atoms with Gasteiger partial charge in [0.15, 0.2) is 0 Å². The molecule has 0 fully saturated rings. The summed E-state index contributed by atoms with van der Waals surface area (Å²) in [4.78, 5) is 15.1. The molecule has 0 aromatic rings. The van der Waals surface area contributed by atoms with Crippen LogP contribution in [-0.2, 0) is 9.63 Å². The molecule has 0 amide bonds. The molecule has 0 bridgehead atoms. The van der Waals surface area contributed by atoms with Crippen molar-refractivity contribution in [1.82, 2.24) is 5.32 Å². The first-order valence-electron chi connectivity index (χ1n) is 3.66. The SMILES string of the molecule is CNCC1=NOC(CC=O)C1. The van der Waals surface area contributed by atoms with Gasteiger partial charge in [0.05, 0.1) is 5.71 Å². The summed E-state index contributed by atoms with van der Waals surface area (Å²) < 4.78 is 0. The Bertz CT molecular complexity index is 168. The molecule has 0 saturated carbocycles. The largest absolute Gasteiger partial charge is 0.392 e. The van der Waals surface area contributed by atoms with Crippen LogP contribution in [0.25, 0.3) is 0 Å². The molecule has 1 atom stereocenters. The van der Waals surface area contributed by atoms with E-state index >= 15 is 0 Å². The van der Waals surface area contributed by atoms with E-state index in [0.29, 0.717) is 6.42 Å². The molecule has 11 heavy (non-hydrogen) atoms. The first-order chi connectivity index (χ1) is 5.36. The molecule has 1 unspecified atom stereocenters. The Labute approximate surface area is 65.6 Å². The van der Waals surface area contributed by atoms with Gasteiger partial charge in [0.2, 0.25) is 0 Å². The van der Waals surface area contributed by atoms with Gasteiger partial charge in [-0.1, -0.05) is 5.16 Å². The average Bonchev–Trinajstić information content (AvgIpc) is 2.38. The van der Waals surface area contributed by atoms with Crippen molar-refractivity contribution >= 4 is 12.0 Å². The van der Waals surface area contributed by atoms with Crippen molar-refractivity contribution in [1.29, 1.82) is 0 Å². The summed E-state index contributed by atoms with van der Waals surface area (Å²) in [5.41, 5.74) is 0.986. The van der Waals surface area contributed by atoms with Crippen LogP contribution in [0, 0.1) is 0 Å². The minimum Gasteiger partial charge on any atom is -0.392 e. The minimum absolute atomic E-state index is 0.0177. The van der Waals surface area contributed by atoms with Gasteiger partial charge in [-0.25, -0.2) is 0 Å². The standard InChI is InChI=1S/C7H12N2O2/c1-8-5-6-4-7(2-3-10)11-9-6/h3,7-8H,2,4-5H2,1H3. The predicted molar refractivity (Wildman–Crippen MR) is 41.5 cm³/mol. The van der Waals surface area contributed by atoms with Gasteiger partial charge < -0.3 is 14.9 Å². The Morgan fingerprint density at radius 1 is 1.91 bits per heavy atom. The second-order valence-electron chi connectivity index (χ2n) is 2.52. The first kappa shape index (κ1) is 8.20. The normalized spacial score (nSPS) is 22.6. The number of nitrogens with zero attached hydrogens (tertiary/aromatic N) is 1. The molecule has 1 aliphatic heterocycles. The van der Waals surface area contributed by atoms with Crippen LogP contribution in [0.1, 0.15) is 12.8 Å². The van der Waals surface area contributed by atoms with Crippen molar-refractivity contribution in [3.8, 4) is 0 Å². The highest BCUT2D eigenvalue weighted by atomic mass is 16.6. The van der Waals surface area contributed by atoms with Crippen LogP contribution in [0.15, 0.2) is 5.16 Å². The minimum atomic E-state index is -0.0177. The number of hydrogen-bond donors (Lipinski definition) is 1. The summed E-state index contributed by atoms with van der Waals surface area (Å²) in [7, 11) is 1.86. The molecule has 1 heterocycles. The lowest BCUT2D eigenvalue weighted by atomic mass is 10.1. The maximum absolute atomic E-state index is 10.1. The molecule has 0 saturated heterocycles. The van der Waals surface area contributed by atoms with Gasteiger partial charge in [0.25, 0.3) is 0 Å². The topological polar surface area (TPSA) is 50.7 Å². The highest BCUT2D eigenvalue weighted by Crippen LogP contribution is 2.11.